The molecule has 144 valence electrons. The van der Waals surface area contributed by atoms with Gasteiger partial charge in [0, 0.05) is 32.4 Å². The Balaban J connectivity index is 1.79. The van der Waals surface area contributed by atoms with Crippen molar-refractivity contribution in [3.63, 3.8) is 0 Å². The predicted molar refractivity (Wildman–Crippen MR) is 121 cm³/mol. The lowest BCUT2D eigenvalue weighted by atomic mass is 10.1. The first-order valence-corrected chi connectivity index (χ1v) is 10.5. The van der Waals surface area contributed by atoms with Crippen LogP contribution in [0, 0.1) is 5.82 Å². The van der Waals surface area contributed by atoms with Crippen LogP contribution in [0.5, 0.6) is 0 Å². The quantitative estimate of drug-likeness (QED) is 0.291. The lowest BCUT2D eigenvalue weighted by Crippen LogP contribution is -2.17. The van der Waals surface area contributed by atoms with Crippen LogP contribution in [0.2, 0.25) is 0 Å². The Bertz CT molecular complexity index is 1560. The Morgan fingerprint density at radius 2 is 1.70 bits per heavy atom. The van der Waals surface area contributed by atoms with E-state index in [1.807, 2.05) is 35.2 Å². The highest BCUT2D eigenvalue weighted by Gasteiger charge is 2.25. The van der Waals surface area contributed by atoms with Gasteiger partial charge in [0.15, 0.2) is 5.69 Å². The lowest BCUT2D eigenvalue weighted by molar-refractivity contribution is -0.510. The summed E-state index contributed by atoms with van der Waals surface area (Å²) in [5, 5.41) is 2.36. The summed E-state index contributed by atoms with van der Waals surface area (Å²) in [5.41, 5.74) is 6.05. The molecule has 6 rings (SSSR count). The number of nitrogens with one attached hydrogen (secondary N) is 1. The molecule has 0 saturated carbocycles. The van der Waals surface area contributed by atoms with Gasteiger partial charge in [-0.05, 0) is 48.5 Å². The molecule has 0 amide bonds. The number of aromatic amines is 1. The summed E-state index contributed by atoms with van der Waals surface area (Å²) in [7, 11) is 0. The average Bonchev–Trinajstić information content (AvgIpc) is 3.33. The van der Waals surface area contributed by atoms with Crippen molar-refractivity contribution in [2.45, 2.75) is 0 Å². The van der Waals surface area contributed by atoms with Gasteiger partial charge < -0.3 is 4.98 Å². The van der Waals surface area contributed by atoms with Gasteiger partial charge >= 0.3 is 0 Å². The Hall–Kier alpha value is -3.44. The summed E-state index contributed by atoms with van der Waals surface area (Å²) in [6.45, 7) is 0. The van der Waals surface area contributed by atoms with Crippen molar-refractivity contribution in [1.29, 1.82) is 0 Å². The van der Waals surface area contributed by atoms with Crippen molar-refractivity contribution in [2.24, 2.45) is 0 Å². The second kappa shape index (κ2) is 6.54. The number of benzene rings is 3. The molecule has 3 aromatic carbocycles. The van der Waals surface area contributed by atoms with Crippen LogP contribution in [0.3, 0.4) is 0 Å². The minimum absolute atomic E-state index is 0.257. The molecular formula is C25H16BrFN3+. The number of fused-ring (bicyclic) bond motifs is 5. The lowest BCUT2D eigenvalue weighted by Gasteiger charge is -2.03. The smallest absolute Gasteiger partial charge is 0.254 e. The van der Waals surface area contributed by atoms with Crippen molar-refractivity contribution >= 4 is 43.3 Å². The second-order valence-corrected chi connectivity index (χ2v) is 8.27. The van der Waals surface area contributed by atoms with E-state index in [2.05, 4.69) is 67.9 Å². The van der Waals surface area contributed by atoms with Gasteiger partial charge in [-0.1, -0.05) is 40.2 Å². The fourth-order valence-corrected chi connectivity index (χ4v) is 4.48. The Morgan fingerprint density at radius 3 is 2.53 bits per heavy atom. The first-order valence-electron chi connectivity index (χ1n) is 9.67. The molecule has 0 aliphatic rings. The van der Waals surface area contributed by atoms with Crippen molar-refractivity contribution < 1.29 is 8.79 Å². The van der Waals surface area contributed by atoms with Gasteiger partial charge in [0.25, 0.3) is 6.33 Å². The summed E-state index contributed by atoms with van der Waals surface area (Å²) in [5.74, 6) is -0.257. The van der Waals surface area contributed by atoms with Crippen LogP contribution in [0.15, 0.2) is 95.9 Å². The van der Waals surface area contributed by atoms with Gasteiger partial charge in [-0.25, -0.2) is 4.39 Å². The fourth-order valence-electron chi connectivity index (χ4n) is 4.22. The molecule has 0 fully saturated rings. The minimum atomic E-state index is -0.257. The van der Waals surface area contributed by atoms with Crippen LogP contribution in [-0.2, 0) is 0 Å². The maximum Gasteiger partial charge on any atom is 0.254 e. The highest BCUT2D eigenvalue weighted by Crippen LogP contribution is 2.34. The molecule has 0 radical (unpaired) electrons. The van der Waals surface area contributed by atoms with Crippen molar-refractivity contribution in [3.05, 3.63) is 102 Å². The Morgan fingerprint density at radius 1 is 0.867 bits per heavy atom. The second-order valence-electron chi connectivity index (χ2n) is 7.35. The average molecular weight is 457 g/mol. The molecule has 0 saturated heterocycles. The van der Waals surface area contributed by atoms with E-state index in [0.29, 0.717) is 0 Å². The molecular weight excluding hydrogens is 441 g/mol. The van der Waals surface area contributed by atoms with Crippen LogP contribution in [-0.4, -0.2) is 9.55 Å². The summed E-state index contributed by atoms with van der Waals surface area (Å²) in [6, 6.07) is 25.4. The molecule has 0 bridgehead atoms. The minimum Gasteiger partial charge on any atom is -0.351 e. The Labute approximate surface area is 180 Å². The van der Waals surface area contributed by atoms with Gasteiger partial charge in [-0.2, -0.15) is 8.97 Å². The molecule has 0 spiro atoms. The number of para-hydroxylation sites is 1. The summed E-state index contributed by atoms with van der Waals surface area (Å²) in [6.07, 6.45) is 4.07. The molecule has 5 heteroatoms. The SMILES string of the molecule is Fc1cccc(-n2c[n+]3ccc4c5ccccc5[nH]c4c3c2-c2ccc(Br)cc2)c1. The number of nitrogens with zero attached hydrogens (tertiary/aromatic N) is 2. The third kappa shape index (κ3) is 2.59. The predicted octanol–water partition coefficient (Wildman–Crippen LogP) is 6.42. The zero-order valence-electron chi connectivity index (χ0n) is 15.8. The number of imidazole rings is 1. The standard InChI is InChI=1S/C25H16BrFN3/c26-17-10-8-16(9-11-17)24-25-23-21(20-6-1-2-7-22(20)28-23)12-13-29(25)15-30(24)19-5-3-4-18(27)14-19/h1-15,28H/q+1. The van der Waals surface area contributed by atoms with E-state index in [1.165, 1.54) is 16.8 Å². The number of H-pyrrole nitrogens is 1. The summed E-state index contributed by atoms with van der Waals surface area (Å²) in [4.78, 5) is 3.60. The van der Waals surface area contributed by atoms with Crippen molar-refractivity contribution in [2.75, 3.05) is 0 Å². The first-order chi connectivity index (χ1) is 14.7. The molecule has 3 heterocycles. The molecule has 3 nitrogen and oxygen atoms in total. The molecule has 0 aliphatic heterocycles. The zero-order chi connectivity index (χ0) is 20.2. The molecule has 1 N–H and O–H groups in total. The van der Waals surface area contributed by atoms with Crippen LogP contribution in [0.4, 0.5) is 4.39 Å². The van der Waals surface area contributed by atoms with Gasteiger partial charge in [0.2, 0.25) is 5.52 Å². The number of rotatable bonds is 2. The van der Waals surface area contributed by atoms with Gasteiger partial charge in [-0.3, -0.25) is 0 Å². The molecule has 3 aromatic heterocycles. The van der Waals surface area contributed by atoms with Crippen molar-refractivity contribution in [1.82, 2.24) is 9.55 Å². The largest absolute Gasteiger partial charge is 0.351 e. The first kappa shape index (κ1) is 17.4. The van der Waals surface area contributed by atoms with Gasteiger partial charge in [0.1, 0.15) is 11.5 Å². The maximum atomic E-state index is 14.1. The van der Waals surface area contributed by atoms with Crippen LogP contribution < -0.4 is 4.40 Å². The number of hydrogen-bond donors (Lipinski definition) is 1. The number of halogens is 2. The van der Waals surface area contributed by atoms with E-state index in [0.717, 1.165) is 38.0 Å². The fraction of sp³-hybridized carbons (Fsp3) is 0. The zero-order valence-corrected chi connectivity index (χ0v) is 17.4. The van der Waals surface area contributed by atoms with Crippen LogP contribution in [0.1, 0.15) is 0 Å². The molecule has 0 atom stereocenters. The number of hydrogen-bond acceptors (Lipinski definition) is 0. The van der Waals surface area contributed by atoms with E-state index in [4.69, 9.17) is 0 Å². The third-order valence-electron chi connectivity index (χ3n) is 5.55. The van der Waals surface area contributed by atoms with Gasteiger partial charge in [0.05, 0.1) is 11.7 Å². The maximum absolute atomic E-state index is 14.1. The summed E-state index contributed by atoms with van der Waals surface area (Å²) >= 11 is 3.53. The van der Waals surface area contributed by atoms with E-state index < -0.39 is 0 Å². The number of aromatic nitrogens is 3. The van der Waals surface area contributed by atoms with Crippen molar-refractivity contribution in [3.8, 4) is 16.9 Å². The molecule has 0 aliphatic carbocycles. The van der Waals surface area contributed by atoms with E-state index in [-0.39, 0.29) is 5.82 Å². The van der Waals surface area contributed by atoms with Crippen LogP contribution in [0.25, 0.3) is 44.3 Å². The topological polar surface area (TPSA) is 24.8 Å². The summed E-state index contributed by atoms with van der Waals surface area (Å²) < 4.78 is 19.2. The highest BCUT2D eigenvalue weighted by atomic mass is 79.9. The molecule has 6 aromatic rings. The molecule has 0 unspecified atom stereocenters. The van der Waals surface area contributed by atoms with Crippen LogP contribution >= 0.6 is 15.9 Å². The van der Waals surface area contributed by atoms with E-state index in [9.17, 15) is 4.39 Å². The monoisotopic (exact) mass is 456 g/mol. The van der Waals surface area contributed by atoms with E-state index in [1.54, 1.807) is 12.1 Å². The molecule has 30 heavy (non-hydrogen) atoms. The van der Waals surface area contributed by atoms with E-state index >= 15 is 0 Å². The Kier molecular flexibility index (Phi) is 3.80. The highest BCUT2D eigenvalue weighted by molar-refractivity contribution is 9.10. The number of pyridine rings is 1. The normalized spacial score (nSPS) is 11.7. The third-order valence-corrected chi connectivity index (χ3v) is 6.08. The van der Waals surface area contributed by atoms with Gasteiger partial charge in [-0.15, -0.1) is 0 Å².